The summed E-state index contributed by atoms with van der Waals surface area (Å²) in [5.74, 6) is -4.52. The van der Waals surface area contributed by atoms with Crippen molar-refractivity contribution < 1.29 is 18.1 Å². The van der Waals surface area contributed by atoms with Crippen LogP contribution in [0.3, 0.4) is 0 Å². The molecule has 0 unspecified atom stereocenters. The van der Waals surface area contributed by atoms with E-state index in [1.165, 1.54) is 6.92 Å². The van der Waals surface area contributed by atoms with Crippen LogP contribution in [0.4, 0.5) is 24.7 Å². The minimum atomic E-state index is -1.58. The van der Waals surface area contributed by atoms with Crippen LogP contribution >= 0.6 is 0 Å². The van der Waals surface area contributed by atoms with Crippen LogP contribution in [0.15, 0.2) is 12.1 Å². The third-order valence-electron chi connectivity index (χ3n) is 2.69. The summed E-state index contributed by atoms with van der Waals surface area (Å²) in [6.45, 7) is 1.17. The van der Waals surface area contributed by atoms with Crippen molar-refractivity contribution in [2.45, 2.75) is 13.5 Å². The van der Waals surface area contributed by atoms with Crippen LogP contribution in [0.5, 0.6) is 0 Å². The number of nitrogen functional groups attached to an aromatic ring is 1. The molecule has 20 heavy (non-hydrogen) atoms. The Bertz CT molecular complexity index is 676. The van der Waals surface area contributed by atoms with E-state index in [9.17, 15) is 23.3 Å². The van der Waals surface area contributed by atoms with Gasteiger partial charge in [-0.2, -0.15) is 5.10 Å². The Morgan fingerprint density at radius 1 is 1.35 bits per heavy atom. The van der Waals surface area contributed by atoms with E-state index in [-0.39, 0.29) is 29.3 Å². The van der Waals surface area contributed by atoms with Crippen molar-refractivity contribution in [2.24, 2.45) is 0 Å². The fourth-order valence-electron chi connectivity index (χ4n) is 1.81. The number of halogens is 3. The smallest absolute Gasteiger partial charge is 0.333 e. The van der Waals surface area contributed by atoms with Crippen LogP contribution in [-0.4, -0.2) is 14.7 Å². The summed E-state index contributed by atoms with van der Waals surface area (Å²) in [5.41, 5.74) is 5.31. The maximum absolute atomic E-state index is 13.1. The zero-order valence-electron chi connectivity index (χ0n) is 10.2. The van der Waals surface area contributed by atoms with E-state index in [1.54, 1.807) is 0 Å². The maximum Gasteiger partial charge on any atom is 0.333 e. The molecular formula is C11H9F3N4O2. The molecule has 0 aliphatic heterocycles. The van der Waals surface area contributed by atoms with Gasteiger partial charge in [-0.3, -0.25) is 10.1 Å². The minimum absolute atomic E-state index is 0.0468. The lowest BCUT2D eigenvalue weighted by Gasteiger charge is -2.05. The molecule has 0 aliphatic carbocycles. The van der Waals surface area contributed by atoms with E-state index >= 15 is 0 Å². The lowest BCUT2D eigenvalue weighted by Crippen LogP contribution is -2.08. The van der Waals surface area contributed by atoms with Crippen molar-refractivity contribution in [3.05, 3.63) is 51.0 Å². The number of rotatable bonds is 3. The van der Waals surface area contributed by atoms with Crippen molar-refractivity contribution >= 4 is 11.5 Å². The number of nitro groups is 1. The number of hydrogen-bond donors (Lipinski definition) is 1. The molecule has 0 spiro atoms. The molecule has 1 heterocycles. The number of hydrogen-bond acceptors (Lipinski definition) is 4. The van der Waals surface area contributed by atoms with Gasteiger partial charge in [-0.05, 0) is 24.6 Å². The van der Waals surface area contributed by atoms with Gasteiger partial charge in [0.2, 0.25) is 5.82 Å². The molecule has 0 saturated carbocycles. The predicted octanol–water partition coefficient (Wildman–Crippen LogP) is 2.15. The first-order chi connectivity index (χ1) is 9.31. The molecule has 0 aliphatic rings. The van der Waals surface area contributed by atoms with Crippen molar-refractivity contribution in [3.8, 4) is 0 Å². The number of anilines is 1. The third-order valence-corrected chi connectivity index (χ3v) is 2.69. The summed E-state index contributed by atoms with van der Waals surface area (Å²) in [7, 11) is 0. The average molecular weight is 286 g/mol. The lowest BCUT2D eigenvalue weighted by molar-refractivity contribution is -0.384. The van der Waals surface area contributed by atoms with E-state index in [2.05, 4.69) is 5.10 Å². The molecule has 0 fully saturated rings. The third kappa shape index (κ3) is 2.29. The van der Waals surface area contributed by atoms with Gasteiger partial charge in [-0.1, -0.05) is 0 Å². The first kappa shape index (κ1) is 13.8. The summed E-state index contributed by atoms with van der Waals surface area (Å²) in [6.07, 6.45) is 0. The molecule has 0 atom stereocenters. The molecule has 0 bridgehead atoms. The molecule has 2 N–H and O–H groups in total. The summed E-state index contributed by atoms with van der Waals surface area (Å²) in [6, 6.07) is 1.56. The highest BCUT2D eigenvalue weighted by Gasteiger charge is 2.23. The van der Waals surface area contributed by atoms with Crippen LogP contribution in [-0.2, 0) is 6.54 Å². The highest BCUT2D eigenvalue weighted by atomic mass is 19.2. The van der Waals surface area contributed by atoms with Crippen LogP contribution in [0.1, 0.15) is 11.3 Å². The molecule has 0 radical (unpaired) electrons. The van der Waals surface area contributed by atoms with Crippen LogP contribution in [0.25, 0.3) is 0 Å². The quantitative estimate of drug-likeness (QED) is 0.532. The van der Waals surface area contributed by atoms with Crippen LogP contribution < -0.4 is 5.73 Å². The Morgan fingerprint density at radius 3 is 2.35 bits per heavy atom. The summed E-state index contributed by atoms with van der Waals surface area (Å²) in [4.78, 5) is 10.1. The normalized spacial score (nSPS) is 10.8. The molecule has 1 aromatic heterocycles. The largest absolute Gasteiger partial charge is 0.378 e. The van der Waals surface area contributed by atoms with E-state index < -0.39 is 22.4 Å². The average Bonchev–Trinajstić information content (AvgIpc) is 2.61. The molecule has 0 saturated heterocycles. The monoisotopic (exact) mass is 286 g/mol. The first-order valence-electron chi connectivity index (χ1n) is 5.42. The number of aromatic nitrogens is 2. The predicted molar refractivity (Wildman–Crippen MR) is 63.4 cm³/mol. The van der Waals surface area contributed by atoms with Gasteiger partial charge in [0.05, 0.1) is 11.5 Å². The van der Waals surface area contributed by atoms with Gasteiger partial charge in [0.15, 0.2) is 17.5 Å². The second-order valence-corrected chi connectivity index (χ2v) is 4.11. The van der Waals surface area contributed by atoms with Gasteiger partial charge in [0.25, 0.3) is 0 Å². The molecule has 1 aromatic carbocycles. The van der Waals surface area contributed by atoms with Gasteiger partial charge in [-0.15, -0.1) is 0 Å². The molecule has 9 heteroatoms. The first-order valence-corrected chi connectivity index (χ1v) is 5.42. The molecule has 6 nitrogen and oxygen atoms in total. The second-order valence-electron chi connectivity index (χ2n) is 4.11. The Balaban J connectivity index is 2.41. The number of aryl methyl sites for hydroxylation is 1. The van der Waals surface area contributed by atoms with E-state index in [0.717, 1.165) is 16.8 Å². The topological polar surface area (TPSA) is 87.0 Å². The fraction of sp³-hybridized carbons (Fsp3) is 0.182. The summed E-state index contributed by atoms with van der Waals surface area (Å²) in [5, 5.41) is 14.6. The zero-order chi connectivity index (χ0) is 15.0. The number of nitrogens with two attached hydrogens (primary N) is 1. The minimum Gasteiger partial charge on any atom is -0.378 e. The maximum atomic E-state index is 13.1. The molecule has 2 rings (SSSR count). The van der Waals surface area contributed by atoms with E-state index in [0.29, 0.717) is 0 Å². The van der Waals surface area contributed by atoms with Gasteiger partial charge >= 0.3 is 5.69 Å². The van der Waals surface area contributed by atoms with Gasteiger partial charge in [0.1, 0.15) is 5.69 Å². The summed E-state index contributed by atoms with van der Waals surface area (Å²) < 4.78 is 40.0. The van der Waals surface area contributed by atoms with Gasteiger partial charge in [-0.25, -0.2) is 17.9 Å². The number of nitrogens with zero attached hydrogens (tertiary/aromatic N) is 3. The van der Waals surface area contributed by atoms with Crippen molar-refractivity contribution in [2.75, 3.05) is 5.73 Å². The van der Waals surface area contributed by atoms with Crippen molar-refractivity contribution in [1.82, 2.24) is 9.78 Å². The zero-order valence-corrected chi connectivity index (χ0v) is 10.2. The van der Waals surface area contributed by atoms with Gasteiger partial charge in [0, 0.05) is 0 Å². The number of benzene rings is 1. The van der Waals surface area contributed by atoms with Crippen LogP contribution in [0, 0.1) is 34.5 Å². The molecule has 0 amide bonds. The standard InChI is InChI=1S/C11H9F3N4O2/c1-5-10(18(19)20)11(15)17(16-5)4-6-2-7(12)9(14)8(13)3-6/h2-3H,4,15H2,1H3. The van der Waals surface area contributed by atoms with Crippen molar-refractivity contribution in [3.63, 3.8) is 0 Å². The molecular weight excluding hydrogens is 277 g/mol. The SMILES string of the molecule is Cc1nn(Cc2cc(F)c(F)c(F)c2)c(N)c1[N+](=O)[O-]. The second kappa shape index (κ2) is 4.83. The highest BCUT2D eigenvalue weighted by molar-refractivity contribution is 5.56. The Morgan fingerprint density at radius 2 is 1.90 bits per heavy atom. The van der Waals surface area contributed by atoms with E-state index in [1.807, 2.05) is 0 Å². The fourth-order valence-corrected chi connectivity index (χ4v) is 1.81. The van der Waals surface area contributed by atoms with Gasteiger partial charge < -0.3 is 5.73 Å². The Hall–Kier alpha value is -2.58. The Kier molecular flexibility index (Phi) is 3.35. The highest BCUT2D eigenvalue weighted by Crippen LogP contribution is 2.26. The van der Waals surface area contributed by atoms with Crippen molar-refractivity contribution in [1.29, 1.82) is 0 Å². The van der Waals surface area contributed by atoms with Crippen LogP contribution in [0.2, 0.25) is 0 Å². The lowest BCUT2D eigenvalue weighted by atomic mass is 10.2. The molecule has 106 valence electrons. The Labute approximate surface area is 110 Å². The summed E-state index contributed by atoms with van der Waals surface area (Å²) >= 11 is 0. The molecule has 2 aromatic rings. The van der Waals surface area contributed by atoms with E-state index in [4.69, 9.17) is 5.73 Å².